The summed E-state index contributed by atoms with van der Waals surface area (Å²) in [7, 11) is 0. The van der Waals surface area contributed by atoms with E-state index < -0.39 is 0 Å². The summed E-state index contributed by atoms with van der Waals surface area (Å²) in [5.41, 5.74) is 6.83. The molecule has 0 radical (unpaired) electrons. The maximum atomic E-state index is 11.8. The second-order valence-corrected chi connectivity index (χ2v) is 4.85. The van der Waals surface area contributed by atoms with Crippen LogP contribution >= 0.6 is 11.3 Å². The summed E-state index contributed by atoms with van der Waals surface area (Å²) in [5.74, 6) is -0.0741. The van der Waals surface area contributed by atoms with Gasteiger partial charge in [-0.2, -0.15) is 0 Å². The fourth-order valence-electron chi connectivity index (χ4n) is 1.51. The smallest absolute Gasteiger partial charge is 0.226 e. The number of nitrogens with zero attached hydrogens (tertiary/aromatic N) is 2. The Labute approximate surface area is 109 Å². The van der Waals surface area contributed by atoms with Crippen LogP contribution in [-0.2, 0) is 11.2 Å². The molecule has 0 saturated carbocycles. The van der Waals surface area contributed by atoms with Crippen molar-refractivity contribution in [1.82, 2.24) is 15.3 Å². The van der Waals surface area contributed by atoms with Crippen molar-refractivity contribution in [3.05, 3.63) is 40.6 Å². The minimum Gasteiger partial charge on any atom is -0.397 e. The van der Waals surface area contributed by atoms with Crippen LogP contribution in [0.5, 0.6) is 0 Å². The lowest BCUT2D eigenvalue weighted by molar-refractivity contribution is -0.121. The molecule has 6 heteroatoms. The molecule has 0 aliphatic rings. The summed E-state index contributed by atoms with van der Waals surface area (Å²) >= 11 is 1.52. The van der Waals surface area contributed by atoms with Crippen LogP contribution in [-0.4, -0.2) is 15.9 Å². The van der Waals surface area contributed by atoms with Crippen molar-refractivity contribution in [2.75, 3.05) is 5.73 Å². The van der Waals surface area contributed by atoms with Gasteiger partial charge >= 0.3 is 0 Å². The van der Waals surface area contributed by atoms with E-state index in [4.69, 9.17) is 5.73 Å². The molecule has 18 heavy (non-hydrogen) atoms. The molecule has 94 valence electrons. The molecule has 0 aliphatic heterocycles. The molecule has 1 amide bonds. The van der Waals surface area contributed by atoms with Gasteiger partial charge in [0, 0.05) is 17.3 Å². The molecule has 0 spiro atoms. The van der Waals surface area contributed by atoms with Gasteiger partial charge in [-0.25, -0.2) is 4.98 Å². The highest BCUT2D eigenvalue weighted by atomic mass is 32.1. The van der Waals surface area contributed by atoms with Gasteiger partial charge < -0.3 is 11.1 Å². The van der Waals surface area contributed by atoms with Crippen LogP contribution in [0.3, 0.4) is 0 Å². The van der Waals surface area contributed by atoms with Crippen LogP contribution < -0.4 is 11.1 Å². The van der Waals surface area contributed by atoms with Crippen LogP contribution in [0.4, 0.5) is 5.69 Å². The van der Waals surface area contributed by atoms with Crippen molar-refractivity contribution in [2.24, 2.45) is 0 Å². The molecule has 0 fully saturated rings. The number of rotatable bonds is 4. The zero-order chi connectivity index (χ0) is 13.0. The molecule has 1 atom stereocenters. The third-order valence-corrected chi connectivity index (χ3v) is 3.35. The summed E-state index contributed by atoms with van der Waals surface area (Å²) < 4.78 is 0. The van der Waals surface area contributed by atoms with E-state index in [1.165, 1.54) is 11.3 Å². The van der Waals surface area contributed by atoms with Crippen molar-refractivity contribution in [2.45, 2.75) is 19.4 Å². The Kier molecular flexibility index (Phi) is 3.88. The van der Waals surface area contributed by atoms with Crippen molar-refractivity contribution in [3.8, 4) is 0 Å². The van der Waals surface area contributed by atoms with Gasteiger partial charge in [0.1, 0.15) is 5.01 Å². The van der Waals surface area contributed by atoms with Gasteiger partial charge in [0.05, 0.1) is 24.3 Å². The van der Waals surface area contributed by atoms with Crippen molar-refractivity contribution >= 4 is 22.9 Å². The second kappa shape index (κ2) is 5.59. The zero-order valence-corrected chi connectivity index (χ0v) is 10.8. The summed E-state index contributed by atoms with van der Waals surface area (Å²) in [6.07, 6.45) is 3.52. The van der Waals surface area contributed by atoms with Crippen molar-refractivity contribution < 1.29 is 4.79 Å². The van der Waals surface area contributed by atoms with Gasteiger partial charge in [-0.05, 0) is 19.1 Å². The number of carbonyl (C=O) groups excluding carboxylic acids is 1. The molecule has 2 heterocycles. The Hall–Kier alpha value is -1.95. The Balaban J connectivity index is 1.91. The van der Waals surface area contributed by atoms with Gasteiger partial charge in [-0.15, -0.1) is 11.3 Å². The summed E-state index contributed by atoms with van der Waals surface area (Å²) in [4.78, 5) is 20.0. The van der Waals surface area contributed by atoms with E-state index >= 15 is 0 Å². The van der Waals surface area contributed by atoms with E-state index in [1.807, 2.05) is 12.3 Å². The number of nitrogen functional groups attached to an aromatic ring is 1. The highest BCUT2D eigenvalue weighted by Crippen LogP contribution is 2.14. The first-order chi connectivity index (χ1) is 8.65. The first-order valence-electron chi connectivity index (χ1n) is 5.54. The number of aromatic nitrogens is 2. The van der Waals surface area contributed by atoms with Crippen LogP contribution in [0.15, 0.2) is 29.9 Å². The standard InChI is InChI=1S/C12H14N4OS/c1-8(12-14-4-5-18-12)16-11(17)6-10-3-2-9(13)7-15-10/h2-5,7-8H,6,13H2,1H3,(H,16,17). The minimum absolute atomic E-state index is 0.0741. The number of amides is 1. The molecule has 3 N–H and O–H groups in total. The average molecular weight is 262 g/mol. The fraction of sp³-hybridized carbons (Fsp3) is 0.250. The molecular formula is C12H14N4OS. The van der Waals surface area contributed by atoms with Gasteiger partial charge in [-0.1, -0.05) is 0 Å². The topological polar surface area (TPSA) is 80.9 Å². The minimum atomic E-state index is -0.0775. The molecule has 0 aromatic carbocycles. The van der Waals surface area contributed by atoms with Gasteiger partial charge in [0.2, 0.25) is 5.91 Å². The maximum absolute atomic E-state index is 11.8. The number of nitrogens with one attached hydrogen (secondary N) is 1. The summed E-state index contributed by atoms with van der Waals surface area (Å²) in [6.45, 7) is 1.91. The predicted molar refractivity (Wildman–Crippen MR) is 71.0 cm³/mol. The molecule has 5 nitrogen and oxygen atoms in total. The first-order valence-corrected chi connectivity index (χ1v) is 6.42. The molecule has 0 bridgehead atoms. The highest BCUT2D eigenvalue weighted by Gasteiger charge is 2.12. The number of anilines is 1. The van der Waals surface area contributed by atoms with Crippen molar-refractivity contribution in [1.29, 1.82) is 0 Å². The lowest BCUT2D eigenvalue weighted by Crippen LogP contribution is -2.28. The maximum Gasteiger partial charge on any atom is 0.226 e. The lowest BCUT2D eigenvalue weighted by atomic mass is 10.2. The summed E-state index contributed by atoms with van der Waals surface area (Å²) in [6, 6.07) is 3.41. The van der Waals surface area contributed by atoms with E-state index in [0.717, 1.165) is 5.01 Å². The molecule has 2 aromatic heterocycles. The fourth-order valence-corrected chi connectivity index (χ4v) is 2.15. The Morgan fingerprint density at radius 3 is 2.94 bits per heavy atom. The Morgan fingerprint density at radius 1 is 1.50 bits per heavy atom. The van der Waals surface area contributed by atoms with E-state index in [-0.39, 0.29) is 18.4 Å². The monoisotopic (exact) mass is 262 g/mol. The molecule has 0 saturated heterocycles. The summed E-state index contributed by atoms with van der Waals surface area (Å²) in [5, 5.41) is 5.67. The van der Waals surface area contributed by atoms with Crippen molar-refractivity contribution in [3.63, 3.8) is 0 Å². The van der Waals surface area contributed by atoms with E-state index in [2.05, 4.69) is 15.3 Å². The third-order valence-electron chi connectivity index (χ3n) is 2.39. The van der Waals surface area contributed by atoms with Crippen LogP contribution in [0, 0.1) is 0 Å². The van der Waals surface area contributed by atoms with Crippen LogP contribution in [0.2, 0.25) is 0 Å². The van der Waals surface area contributed by atoms with Gasteiger partial charge in [-0.3, -0.25) is 9.78 Å². The SMILES string of the molecule is CC(NC(=O)Cc1ccc(N)cn1)c1nccs1. The first kappa shape index (κ1) is 12.5. The van der Waals surface area contributed by atoms with Gasteiger partial charge in [0.15, 0.2) is 0 Å². The molecule has 1 unspecified atom stereocenters. The molecule has 2 aromatic rings. The van der Waals surface area contributed by atoms with E-state index in [1.54, 1.807) is 24.5 Å². The number of nitrogens with two attached hydrogens (primary N) is 1. The number of thiazole rings is 1. The molecular weight excluding hydrogens is 248 g/mol. The number of hydrogen-bond donors (Lipinski definition) is 2. The molecule has 2 rings (SSSR count). The molecule has 0 aliphatic carbocycles. The Morgan fingerprint density at radius 2 is 2.33 bits per heavy atom. The van der Waals surface area contributed by atoms with Gasteiger partial charge in [0.25, 0.3) is 0 Å². The normalized spacial score (nSPS) is 12.1. The van der Waals surface area contributed by atoms with Crippen LogP contribution in [0.1, 0.15) is 23.7 Å². The lowest BCUT2D eigenvalue weighted by Gasteiger charge is -2.10. The zero-order valence-electron chi connectivity index (χ0n) is 9.96. The number of pyridine rings is 1. The van der Waals surface area contributed by atoms with E-state index in [0.29, 0.717) is 11.4 Å². The number of carbonyl (C=O) groups is 1. The third kappa shape index (κ3) is 3.27. The van der Waals surface area contributed by atoms with E-state index in [9.17, 15) is 4.79 Å². The van der Waals surface area contributed by atoms with Crippen LogP contribution in [0.25, 0.3) is 0 Å². The highest BCUT2D eigenvalue weighted by molar-refractivity contribution is 7.09. The quantitative estimate of drug-likeness (QED) is 0.875. The largest absolute Gasteiger partial charge is 0.397 e. The Bertz CT molecular complexity index is 509. The number of hydrogen-bond acceptors (Lipinski definition) is 5. The predicted octanol–water partition coefficient (Wildman–Crippen LogP) is 1.54. The average Bonchev–Trinajstić information content (AvgIpc) is 2.85. The second-order valence-electron chi connectivity index (χ2n) is 3.92.